The predicted octanol–water partition coefficient (Wildman–Crippen LogP) is 2.05. The standard InChI is InChI=1S/C16H13N5O3/c22-13-9-11(10-5-2-1-3-6-10)21-16(17-13)19-15(20-21)18-14(23)12-7-4-8-24-12/h1-8,11H,9H2,(H2,17,18,19,20,22,23)/t11-/m0/s1. The summed E-state index contributed by atoms with van der Waals surface area (Å²) in [6, 6.07) is 12.5. The fraction of sp³-hybridized carbons (Fsp3) is 0.125. The summed E-state index contributed by atoms with van der Waals surface area (Å²) in [4.78, 5) is 28.1. The molecule has 0 unspecified atom stereocenters. The van der Waals surface area contributed by atoms with Gasteiger partial charge >= 0.3 is 0 Å². The van der Waals surface area contributed by atoms with E-state index in [1.165, 1.54) is 6.26 Å². The minimum atomic E-state index is -0.453. The fourth-order valence-corrected chi connectivity index (χ4v) is 2.62. The van der Waals surface area contributed by atoms with Crippen LogP contribution in [0.2, 0.25) is 0 Å². The molecule has 0 saturated heterocycles. The Kier molecular flexibility index (Phi) is 3.34. The van der Waals surface area contributed by atoms with Gasteiger partial charge < -0.3 is 4.42 Å². The Hall–Kier alpha value is -3.42. The largest absolute Gasteiger partial charge is 0.459 e. The average Bonchev–Trinajstić information content (AvgIpc) is 3.24. The van der Waals surface area contributed by atoms with Crippen LogP contribution in [0, 0.1) is 0 Å². The molecule has 0 saturated carbocycles. The number of anilines is 2. The number of benzene rings is 1. The number of nitrogens with zero attached hydrogens (tertiary/aromatic N) is 3. The van der Waals surface area contributed by atoms with E-state index in [9.17, 15) is 9.59 Å². The summed E-state index contributed by atoms with van der Waals surface area (Å²) in [6.45, 7) is 0. The lowest BCUT2D eigenvalue weighted by Crippen LogP contribution is -2.29. The summed E-state index contributed by atoms with van der Waals surface area (Å²) < 4.78 is 6.64. The molecule has 3 aromatic rings. The second-order valence-corrected chi connectivity index (χ2v) is 5.31. The number of aromatic nitrogens is 3. The zero-order valence-electron chi connectivity index (χ0n) is 12.5. The Balaban J connectivity index is 1.65. The zero-order valence-corrected chi connectivity index (χ0v) is 12.5. The van der Waals surface area contributed by atoms with Crippen LogP contribution < -0.4 is 10.6 Å². The Labute approximate surface area is 136 Å². The van der Waals surface area contributed by atoms with Gasteiger partial charge in [0, 0.05) is 0 Å². The molecule has 120 valence electrons. The molecule has 0 fully saturated rings. The van der Waals surface area contributed by atoms with Crippen LogP contribution in [0.1, 0.15) is 28.6 Å². The van der Waals surface area contributed by atoms with Crippen molar-refractivity contribution in [2.75, 3.05) is 10.6 Å². The van der Waals surface area contributed by atoms with Crippen molar-refractivity contribution in [1.29, 1.82) is 0 Å². The van der Waals surface area contributed by atoms with Gasteiger partial charge in [-0.25, -0.2) is 4.68 Å². The highest BCUT2D eigenvalue weighted by atomic mass is 16.3. The first-order valence-electron chi connectivity index (χ1n) is 7.37. The number of carbonyl (C=O) groups is 2. The summed E-state index contributed by atoms with van der Waals surface area (Å²) in [5.74, 6) is -0.0333. The lowest BCUT2D eigenvalue weighted by Gasteiger charge is -2.23. The van der Waals surface area contributed by atoms with Crippen molar-refractivity contribution >= 4 is 23.7 Å². The van der Waals surface area contributed by atoms with Crippen molar-refractivity contribution in [3.8, 4) is 0 Å². The smallest absolute Gasteiger partial charge is 0.293 e. The predicted molar refractivity (Wildman–Crippen MR) is 84.5 cm³/mol. The molecular weight excluding hydrogens is 310 g/mol. The topological polar surface area (TPSA) is 102 Å². The third-order valence-electron chi connectivity index (χ3n) is 3.71. The molecule has 0 bridgehead atoms. The molecule has 0 spiro atoms. The SMILES string of the molecule is O=C1C[C@@H](c2ccccc2)n2nc(NC(=O)c3ccco3)nc2N1. The third kappa shape index (κ3) is 2.54. The number of hydrogen-bond acceptors (Lipinski definition) is 5. The first kappa shape index (κ1) is 14.2. The van der Waals surface area contributed by atoms with Gasteiger partial charge in [-0.15, -0.1) is 5.10 Å². The van der Waals surface area contributed by atoms with Crippen molar-refractivity contribution in [3.63, 3.8) is 0 Å². The number of amides is 2. The van der Waals surface area contributed by atoms with Crippen LogP contribution in [0.15, 0.2) is 53.1 Å². The van der Waals surface area contributed by atoms with E-state index < -0.39 is 5.91 Å². The number of carbonyl (C=O) groups excluding carboxylic acids is 2. The van der Waals surface area contributed by atoms with Crippen molar-refractivity contribution in [2.24, 2.45) is 0 Å². The second kappa shape index (κ2) is 5.65. The van der Waals surface area contributed by atoms with Gasteiger partial charge in [-0.05, 0) is 17.7 Å². The van der Waals surface area contributed by atoms with E-state index in [1.807, 2.05) is 30.3 Å². The van der Waals surface area contributed by atoms with Crippen LogP contribution in [0.5, 0.6) is 0 Å². The van der Waals surface area contributed by atoms with Crippen LogP contribution in [0.3, 0.4) is 0 Å². The Morgan fingerprint density at radius 2 is 2.08 bits per heavy atom. The lowest BCUT2D eigenvalue weighted by atomic mass is 10.0. The van der Waals surface area contributed by atoms with Crippen molar-refractivity contribution in [3.05, 3.63) is 60.1 Å². The molecule has 8 nitrogen and oxygen atoms in total. The van der Waals surface area contributed by atoms with Gasteiger partial charge in [0.2, 0.25) is 11.9 Å². The van der Waals surface area contributed by atoms with Crippen molar-refractivity contribution in [1.82, 2.24) is 14.8 Å². The van der Waals surface area contributed by atoms with Gasteiger partial charge in [-0.1, -0.05) is 30.3 Å². The van der Waals surface area contributed by atoms with Gasteiger partial charge in [-0.2, -0.15) is 4.98 Å². The van der Waals surface area contributed by atoms with Gasteiger partial charge in [0.05, 0.1) is 18.7 Å². The molecule has 2 amide bonds. The Bertz CT molecular complexity index is 886. The van der Waals surface area contributed by atoms with Crippen LogP contribution >= 0.6 is 0 Å². The highest BCUT2D eigenvalue weighted by Gasteiger charge is 2.29. The summed E-state index contributed by atoms with van der Waals surface area (Å²) >= 11 is 0. The van der Waals surface area contributed by atoms with E-state index >= 15 is 0 Å². The maximum Gasteiger partial charge on any atom is 0.293 e. The Morgan fingerprint density at radius 1 is 1.25 bits per heavy atom. The van der Waals surface area contributed by atoms with Crippen molar-refractivity contribution in [2.45, 2.75) is 12.5 Å². The summed E-state index contributed by atoms with van der Waals surface area (Å²) in [5, 5.41) is 9.54. The van der Waals surface area contributed by atoms with Crippen LogP contribution in [-0.2, 0) is 4.79 Å². The molecule has 1 atom stereocenters. The number of rotatable bonds is 3. The summed E-state index contributed by atoms with van der Waals surface area (Å²) in [6.07, 6.45) is 1.66. The minimum Gasteiger partial charge on any atom is -0.459 e. The van der Waals surface area contributed by atoms with E-state index in [1.54, 1.807) is 16.8 Å². The molecule has 2 N–H and O–H groups in total. The summed E-state index contributed by atoms with van der Waals surface area (Å²) in [5.41, 5.74) is 0.947. The monoisotopic (exact) mass is 323 g/mol. The maximum absolute atomic E-state index is 12.0. The molecule has 0 radical (unpaired) electrons. The molecule has 24 heavy (non-hydrogen) atoms. The van der Waals surface area contributed by atoms with E-state index in [4.69, 9.17) is 4.42 Å². The van der Waals surface area contributed by atoms with E-state index in [0.717, 1.165) is 5.56 Å². The third-order valence-corrected chi connectivity index (χ3v) is 3.71. The number of hydrogen-bond donors (Lipinski definition) is 2. The lowest BCUT2D eigenvalue weighted by molar-refractivity contribution is -0.117. The first-order valence-corrected chi connectivity index (χ1v) is 7.37. The highest BCUT2D eigenvalue weighted by molar-refractivity contribution is 6.01. The number of furan rings is 1. The van der Waals surface area contributed by atoms with E-state index in [-0.39, 0.29) is 30.1 Å². The quantitative estimate of drug-likeness (QED) is 0.768. The molecule has 1 aliphatic heterocycles. The Morgan fingerprint density at radius 3 is 2.83 bits per heavy atom. The normalized spacial score (nSPS) is 16.3. The maximum atomic E-state index is 12.0. The van der Waals surface area contributed by atoms with Gasteiger partial charge in [-0.3, -0.25) is 20.2 Å². The summed E-state index contributed by atoms with van der Waals surface area (Å²) in [7, 11) is 0. The van der Waals surface area contributed by atoms with Crippen LogP contribution in [-0.4, -0.2) is 26.6 Å². The van der Waals surface area contributed by atoms with Gasteiger partial charge in [0.25, 0.3) is 11.9 Å². The molecule has 4 rings (SSSR count). The van der Waals surface area contributed by atoms with E-state index in [0.29, 0.717) is 5.95 Å². The highest BCUT2D eigenvalue weighted by Crippen LogP contribution is 2.29. The van der Waals surface area contributed by atoms with E-state index in [2.05, 4.69) is 20.7 Å². The molecule has 2 aromatic heterocycles. The molecule has 3 heterocycles. The minimum absolute atomic E-state index is 0.106. The molecular formula is C16H13N5O3. The molecule has 1 aromatic carbocycles. The van der Waals surface area contributed by atoms with Crippen molar-refractivity contribution < 1.29 is 14.0 Å². The molecule has 1 aliphatic rings. The van der Waals surface area contributed by atoms with Gasteiger partial charge in [0.15, 0.2) is 5.76 Å². The van der Waals surface area contributed by atoms with Crippen LogP contribution in [0.4, 0.5) is 11.9 Å². The molecule has 8 heteroatoms. The molecule has 0 aliphatic carbocycles. The zero-order chi connectivity index (χ0) is 16.5. The number of fused-ring (bicyclic) bond motifs is 1. The van der Waals surface area contributed by atoms with Crippen LogP contribution in [0.25, 0.3) is 0 Å². The average molecular weight is 323 g/mol. The number of nitrogens with one attached hydrogen (secondary N) is 2. The van der Waals surface area contributed by atoms with Gasteiger partial charge in [0.1, 0.15) is 0 Å². The fourth-order valence-electron chi connectivity index (χ4n) is 2.62. The second-order valence-electron chi connectivity index (χ2n) is 5.31. The first-order chi connectivity index (χ1) is 11.7.